The molecule has 0 aromatic carbocycles. The fraction of sp³-hybridized carbons (Fsp3) is 1.00. The SMILES string of the molecule is NNC(C1CCOC2(CCC2)C1)C(C1CC1)C1CC1. The van der Waals surface area contributed by atoms with Gasteiger partial charge in [-0.25, -0.2) is 0 Å². The first-order valence-corrected chi connectivity index (χ1v) is 8.41. The molecule has 4 rings (SSSR count). The smallest absolute Gasteiger partial charge is 0.0685 e. The third-order valence-corrected chi connectivity index (χ3v) is 6.24. The van der Waals surface area contributed by atoms with E-state index in [4.69, 9.17) is 10.6 Å². The van der Waals surface area contributed by atoms with Crippen molar-refractivity contribution in [2.75, 3.05) is 6.61 Å². The Balaban J connectivity index is 1.47. The minimum atomic E-state index is 0.260. The van der Waals surface area contributed by atoms with Crippen molar-refractivity contribution < 1.29 is 4.74 Å². The number of rotatable bonds is 5. The molecule has 1 saturated heterocycles. The van der Waals surface area contributed by atoms with E-state index in [1.54, 1.807) is 0 Å². The molecule has 3 saturated carbocycles. The van der Waals surface area contributed by atoms with Crippen LogP contribution in [0.25, 0.3) is 0 Å². The second kappa shape index (κ2) is 4.71. The van der Waals surface area contributed by atoms with Gasteiger partial charge in [0, 0.05) is 12.6 Å². The first-order valence-electron chi connectivity index (χ1n) is 8.41. The minimum Gasteiger partial charge on any atom is -0.375 e. The molecular weight excluding hydrogens is 236 g/mol. The normalized spacial score (nSPS) is 35.4. The summed E-state index contributed by atoms with van der Waals surface area (Å²) in [6.07, 6.45) is 12.2. The lowest BCUT2D eigenvalue weighted by Gasteiger charge is -2.49. The van der Waals surface area contributed by atoms with Gasteiger partial charge >= 0.3 is 0 Å². The number of hydrogen-bond acceptors (Lipinski definition) is 3. The molecule has 3 aliphatic carbocycles. The highest BCUT2D eigenvalue weighted by Crippen LogP contribution is 2.54. The van der Waals surface area contributed by atoms with Crippen LogP contribution in [-0.4, -0.2) is 18.2 Å². The molecule has 1 aliphatic heterocycles. The summed E-state index contributed by atoms with van der Waals surface area (Å²) in [5.41, 5.74) is 3.50. The van der Waals surface area contributed by atoms with Crippen molar-refractivity contribution >= 4 is 0 Å². The van der Waals surface area contributed by atoms with Crippen LogP contribution in [0.1, 0.15) is 57.8 Å². The van der Waals surface area contributed by atoms with Gasteiger partial charge in [0.2, 0.25) is 0 Å². The molecule has 0 aromatic heterocycles. The van der Waals surface area contributed by atoms with Gasteiger partial charge in [0.25, 0.3) is 0 Å². The van der Waals surface area contributed by atoms with Gasteiger partial charge in [-0.1, -0.05) is 0 Å². The average molecular weight is 264 g/mol. The van der Waals surface area contributed by atoms with E-state index < -0.39 is 0 Å². The maximum absolute atomic E-state index is 6.09. The standard InChI is InChI=1S/C16H28N2O/c17-18-15(14(11-2-3-11)12-4-5-12)13-6-9-19-16(10-13)7-1-8-16/h11-15,18H,1-10,17H2. The summed E-state index contributed by atoms with van der Waals surface area (Å²) >= 11 is 0. The molecule has 4 fully saturated rings. The summed E-state index contributed by atoms with van der Waals surface area (Å²) < 4.78 is 6.09. The summed E-state index contributed by atoms with van der Waals surface area (Å²) in [6.45, 7) is 0.963. The number of hydrazine groups is 1. The summed E-state index contributed by atoms with van der Waals surface area (Å²) in [5.74, 6) is 9.57. The second-order valence-corrected chi connectivity index (χ2v) is 7.58. The third kappa shape index (κ3) is 2.34. The Kier molecular flexibility index (Phi) is 3.13. The molecule has 0 amide bonds. The van der Waals surface area contributed by atoms with Crippen molar-refractivity contribution in [3.05, 3.63) is 0 Å². The number of nitrogens with one attached hydrogen (secondary N) is 1. The highest BCUT2D eigenvalue weighted by Gasteiger charge is 2.50. The van der Waals surface area contributed by atoms with Crippen LogP contribution in [0, 0.1) is 23.7 Å². The molecule has 1 heterocycles. The van der Waals surface area contributed by atoms with E-state index in [0.717, 1.165) is 30.3 Å². The van der Waals surface area contributed by atoms with Gasteiger partial charge in [-0.15, -0.1) is 0 Å². The van der Waals surface area contributed by atoms with Crippen LogP contribution in [0.15, 0.2) is 0 Å². The lowest BCUT2D eigenvalue weighted by Crippen LogP contribution is -2.54. The van der Waals surface area contributed by atoms with Gasteiger partial charge < -0.3 is 4.74 Å². The van der Waals surface area contributed by atoms with Crippen LogP contribution in [0.3, 0.4) is 0 Å². The highest BCUT2D eigenvalue weighted by molar-refractivity contribution is 5.02. The Hall–Kier alpha value is -0.120. The van der Waals surface area contributed by atoms with Crippen LogP contribution < -0.4 is 11.3 Å². The van der Waals surface area contributed by atoms with Crippen molar-refractivity contribution in [1.29, 1.82) is 0 Å². The van der Waals surface area contributed by atoms with Crippen LogP contribution in [0.5, 0.6) is 0 Å². The molecule has 2 atom stereocenters. The van der Waals surface area contributed by atoms with Crippen molar-refractivity contribution in [2.45, 2.75) is 69.4 Å². The summed E-state index contributed by atoms with van der Waals surface area (Å²) in [5, 5.41) is 0. The van der Waals surface area contributed by atoms with Crippen molar-refractivity contribution in [3.63, 3.8) is 0 Å². The second-order valence-electron chi connectivity index (χ2n) is 7.58. The summed E-state index contributed by atoms with van der Waals surface area (Å²) in [4.78, 5) is 0. The quantitative estimate of drug-likeness (QED) is 0.593. The Morgan fingerprint density at radius 3 is 2.16 bits per heavy atom. The number of ether oxygens (including phenoxy) is 1. The fourth-order valence-corrected chi connectivity index (χ4v) is 4.79. The van der Waals surface area contributed by atoms with Gasteiger partial charge in [-0.05, 0) is 81.5 Å². The summed E-state index contributed by atoms with van der Waals surface area (Å²) in [7, 11) is 0. The Bertz CT molecular complexity index is 322. The lowest BCUT2D eigenvalue weighted by molar-refractivity contribution is -0.149. The summed E-state index contributed by atoms with van der Waals surface area (Å²) in [6, 6.07) is 0.557. The maximum atomic E-state index is 6.09. The van der Waals surface area contributed by atoms with E-state index in [-0.39, 0.29) is 5.60 Å². The molecular formula is C16H28N2O. The van der Waals surface area contributed by atoms with Crippen molar-refractivity contribution in [2.24, 2.45) is 29.5 Å². The van der Waals surface area contributed by atoms with Gasteiger partial charge in [0.15, 0.2) is 0 Å². The van der Waals surface area contributed by atoms with E-state index in [2.05, 4.69) is 5.43 Å². The van der Waals surface area contributed by atoms with E-state index in [9.17, 15) is 0 Å². The molecule has 3 nitrogen and oxygen atoms in total. The number of nitrogens with two attached hydrogens (primary N) is 1. The fourth-order valence-electron chi connectivity index (χ4n) is 4.79. The molecule has 2 unspecified atom stereocenters. The monoisotopic (exact) mass is 264 g/mol. The average Bonchev–Trinajstić information content (AvgIpc) is 3.27. The molecule has 3 N–H and O–H groups in total. The highest BCUT2D eigenvalue weighted by atomic mass is 16.5. The molecule has 0 radical (unpaired) electrons. The van der Waals surface area contributed by atoms with Gasteiger partial charge in [-0.2, -0.15) is 0 Å². The first kappa shape index (κ1) is 12.6. The van der Waals surface area contributed by atoms with Gasteiger partial charge in [0.05, 0.1) is 5.60 Å². The van der Waals surface area contributed by atoms with Crippen molar-refractivity contribution in [1.82, 2.24) is 5.43 Å². The zero-order valence-electron chi connectivity index (χ0n) is 11.9. The number of hydrogen-bond donors (Lipinski definition) is 2. The molecule has 19 heavy (non-hydrogen) atoms. The predicted octanol–water partition coefficient (Wildman–Crippen LogP) is 2.60. The zero-order chi connectivity index (χ0) is 12.9. The van der Waals surface area contributed by atoms with Crippen LogP contribution in [-0.2, 0) is 4.74 Å². The lowest BCUT2D eigenvalue weighted by atomic mass is 9.68. The zero-order valence-corrected chi connectivity index (χ0v) is 11.9. The van der Waals surface area contributed by atoms with Crippen molar-refractivity contribution in [3.8, 4) is 0 Å². The van der Waals surface area contributed by atoms with Gasteiger partial charge in [0.1, 0.15) is 0 Å². The van der Waals surface area contributed by atoms with E-state index in [1.807, 2.05) is 0 Å². The van der Waals surface area contributed by atoms with Crippen LogP contribution >= 0.6 is 0 Å². The third-order valence-electron chi connectivity index (χ3n) is 6.24. The Labute approximate surface area is 116 Å². The molecule has 0 bridgehead atoms. The largest absolute Gasteiger partial charge is 0.375 e. The van der Waals surface area contributed by atoms with E-state index >= 15 is 0 Å². The maximum Gasteiger partial charge on any atom is 0.0685 e. The molecule has 108 valence electrons. The molecule has 0 aromatic rings. The molecule has 4 aliphatic rings. The molecule has 1 spiro atoms. The van der Waals surface area contributed by atoms with E-state index in [1.165, 1.54) is 57.8 Å². The first-order chi connectivity index (χ1) is 9.31. The minimum absolute atomic E-state index is 0.260. The van der Waals surface area contributed by atoms with Gasteiger partial charge in [-0.3, -0.25) is 11.3 Å². The predicted molar refractivity (Wildman–Crippen MR) is 75.3 cm³/mol. The topological polar surface area (TPSA) is 47.3 Å². The Morgan fingerprint density at radius 1 is 1.00 bits per heavy atom. The van der Waals surface area contributed by atoms with E-state index in [0.29, 0.717) is 6.04 Å². The van der Waals surface area contributed by atoms with Crippen LogP contribution in [0.2, 0.25) is 0 Å². The Morgan fingerprint density at radius 2 is 1.68 bits per heavy atom. The molecule has 3 heteroatoms. The van der Waals surface area contributed by atoms with Crippen LogP contribution in [0.4, 0.5) is 0 Å².